The second-order valence-corrected chi connectivity index (χ2v) is 4.09. The Morgan fingerprint density at radius 1 is 1.50 bits per heavy atom. The van der Waals surface area contributed by atoms with Gasteiger partial charge in [0.15, 0.2) is 0 Å². The van der Waals surface area contributed by atoms with Gasteiger partial charge in [0.2, 0.25) is 5.91 Å². The Balaban J connectivity index is 0.00000289. The number of ether oxygens (including phenoxy) is 1. The van der Waals surface area contributed by atoms with Crippen molar-refractivity contribution < 1.29 is 9.53 Å². The van der Waals surface area contributed by atoms with E-state index in [2.05, 4.69) is 24.4 Å². The number of methoxy groups -OCH3 is 1. The zero-order valence-corrected chi connectivity index (χ0v) is 11.6. The van der Waals surface area contributed by atoms with E-state index in [-0.39, 0.29) is 24.9 Å². The summed E-state index contributed by atoms with van der Waals surface area (Å²) in [5.74, 6) is -0.167. The predicted octanol–water partition coefficient (Wildman–Crippen LogP) is 1.05. The van der Waals surface area contributed by atoms with Gasteiger partial charge in [-0.2, -0.15) is 0 Å². The van der Waals surface area contributed by atoms with Gasteiger partial charge in [-0.3, -0.25) is 4.79 Å². The summed E-state index contributed by atoms with van der Waals surface area (Å²) in [6.45, 7) is 2.90. The molecular formula is C13H21ClN2O2. The van der Waals surface area contributed by atoms with Gasteiger partial charge < -0.3 is 15.8 Å². The van der Waals surface area contributed by atoms with Crippen LogP contribution in [0.25, 0.3) is 0 Å². The molecule has 0 aliphatic rings. The summed E-state index contributed by atoms with van der Waals surface area (Å²) >= 11 is 0. The topological polar surface area (TPSA) is 64.3 Å². The fraction of sp³-hybridized carbons (Fsp3) is 0.462. The highest BCUT2D eigenvalue weighted by Crippen LogP contribution is 2.03. The van der Waals surface area contributed by atoms with Crippen LogP contribution >= 0.6 is 12.4 Å². The van der Waals surface area contributed by atoms with Gasteiger partial charge in [0, 0.05) is 13.7 Å². The maximum atomic E-state index is 11.5. The first-order chi connectivity index (χ1) is 8.13. The third kappa shape index (κ3) is 6.00. The molecule has 1 aromatic rings. The number of nitrogens with two attached hydrogens (primary N) is 1. The molecule has 0 saturated carbocycles. The zero-order chi connectivity index (χ0) is 12.7. The SMILES string of the molecule is COCC(N)C(=O)NCCc1cccc(C)c1.Cl. The molecule has 0 fully saturated rings. The minimum atomic E-state index is -0.586. The summed E-state index contributed by atoms with van der Waals surface area (Å²) in [5, 5.41) is 2.79. The van der Waals surface area contributed by atoms with E-state index in [1.165, 1.54) is 18.2 Å². The third-order valence-electron chi connectivity index (χ3n) is 2.48. The Morgan fingerprint density at radius 2 is 2.22 bits per heavy atom. The molecule has 1 aromatic carbocycles. The molecule has 0 bridgehead atoms. The number of nitrogens with one attached hydrogen (secondary N) is 1. The molecule has 1 rings (SSSR count). The Morgan fingerprint density at radius 3 is 2.83 bits per heavy atom. The molecule has 18 heavy (non-hydrogen) atoms. The minimum Gasteiger partial charge on any atom is -0.383 e. The van der Waals surface area contributed by atoms with Crippen LogP contribution in [0.3, 0.4) is 0 Å². The number of hydrogen-bond donors (Lipinski definition) is 2. The van der Waals surface area contributed by atoms with Crippen LogP contribution in [0.15, 0.2) is 24.3 Å². The van der Waals surface area contributed by atoms with Crippen molar-refractivity contribution in [1.82, 2.24) is 5.32 Å². The molecule has 0 heterocycles. The Hall–Kier alpha value is -1.10. The van der Waals surface area contributed by atoms with Crippen LogP contribution < -0.4 is 11.1 Å². The smallest absolute Gasteiger partial charge is 0.239 e. The Kier molecular flexibility index (Phi) is 8.37. The highest BCUT2D eigenvalue weighted by molar-refractivity contribution is 5.85. The number of carbonyl (C=O) groups excluding carboxylic acids is 1. The van der Waals surface area contributed by atoms with Crippen LogP contribution in [-0.2, 0) is 16.0 Å². The fourth-order valence-corrected chi connectivity index (χ4v) is 1.58. The van der Waals surface area contributed by atoms with E-state index in [1.54, 1.807) is 0 Å². The lowest BCUT2D eigenvalue weighted by molar-refractivity contribution is -0.123. The normalized spacial score (nSPS) is 11.5. The van der Waals surface area contributed by atoms with Gasteiger partial charge in [-0.15, -0.1) is 12.4 Å². The third-order valence-corrected chi connectivity index (χ3v) is 2.48. The largest absolute Gasteiger partial charge is 0.383 e. The van der Waals surface area contributed by atoms with Gasteiger partial charge in [0.05, 0.1) is 6.61 Å². The molecule has 5 heteroatoms. The van der Waals surface area contributed by atoms with Crippen molar-refractivity contribution in [2.75, 3.05) is 20.3 Å². The number of rotatable bonds is 6. The standard InChI is InChI=1S/C13H20N2O2.ClH/c1-10-4-3-5-11(8-10)6-7-15-13(16)12(14)9-17-2;/h3-5,8,12H,6-7,9,14H2,1-2H3,(H,15,16);1H. The molecule has 0 aliphatic heterocycles. The second-order valence-electron chi connectivity index (χ2n) is 4.09. The van der Waals surface area contributed by atoms with Crippen LogP contribution in [0, 0.1) is 6.92 Å². The molecule has 0 spiro atoms. The van der Waals surface area contributed by atoms with Crippen LogP contribution in [0.1, 0.15) is 11.1 Å². The van der Waals surface area contributed by atoms with E-state index >= 15 is 0 Å². The molecular weight excluding hydrogens is 252 g/mol. The van der Waals surface area contributed by atoms with Crippen molar-refractivity contribution in [3.8, 4) is 0 Å². The average molecular weight is 273 g/mol. The van der Waals surface area contributed by atoms with Crippen molar-refractivity contribution in [3.63, 3.8) is 0 Å². The molecule has 0 radical (unpaired) electrons. The Bertz CT molecular complexity index is 372. The second kappa shape index (κ2) is 8.91. The van der Waals surface area contributed by atoms with Gasteiger partial charge in [-0.1, -0.05) is 29.8 Å². The summed E-state index contributed by atoms with van der Waals surface area (Å²) in [6, 6.07) is 7.65. The highest BCUT2D eigenvalue weighted by atomic mass is 35.5. The first kappa shape index (κ1) is 16.9. The first-order valence-electron chi connectivity index (χ1n) is 5.71. The fourth-order valence-electron chi connectivity index (χ4n) is 1.58. The summed E-state index contributed by atoms with van der Waals surface area (Å²) in [5.41, 5.74) is 8.03. The van der Waals surface area contributed by atoms with Gasteiger partial charge in [0.25, 0.3) is 0 Å². The summed E-state index contributed by atoms with van der Waals surface area (Å²) < 4.78 is 4.82. The van der Waals surface area contributed by atoms with E-state index in [9.17, 15) is 4.79 Å². The van der Waals surface area contributed by atoms with Crippen molar-refractivity contribution in [2.24, 2.45) is 5.73 Å². The first-order valence-corrected chi connectivity index (χ1v) is 5.71. The van der Waals surface area contributed by atoms with Gasteiger partial charge in [-0.25, -0.2) is 0 Å². The van der Waals surface area contributed by atoms with Crippen LogP contribution in [0.4, 0.5) is 0 Å². The molecule has 1 amide bonds. The molecule has 0 aromatic heterocycles. The van der Waals surface area contributed by atoms with Crippen molar-refractivity contribution in [2.45, 2.75) is 19.4 Å². The van der Waals surface area contributed by atoms with E-state index in [0.29, 0.717) is 6.54 Å². The maximum absolute atomic E-state index is 11.5. The summed E-state index contributed by atoms with van der Waals surface area (Å²) in [6.07, 6.45) is 0.813. The highest BCUT2D eigenvalue weighted by Gasteiger charge is 2.11. The maximum Gasteiger partial charge on any atom is 0.239 e. The van der Waals surface area contributed by atoms with E-state index in [4.69, 9.17) is 10.5 Å². The van der Waals surface area contributed by atoms with Crippen molar-refractivity contribution in [1.29, 1.82) is 0 Å². The number of amides is 1. The predicted molar refractivity (Wildman–Crippen MR) is 75.0 cm³/mol. The summed E-state index contributed by atoms with van der Waals surface area (Å²) in [7, 11) is 1.53. The van der Waals surface area contributed by atoms with Gasteiger partial charge >= 0.3 is 0 Å². The quantitative estimate of drug-likeness (QED) is 0.814. The average Bonchev–Trinajstić information content (AvgIpc) is 2.29. The molecule has 3 N–H and O–H groups in total. The number of aryl methyl sites for hydroxylation is 1. The monoisotopic (exact) mass is 272 g/mol. The molecule has 4 nitrogen and oxygen atoms in total. The molecule has 1 atom stereocenters. The zero-order valence-electron chi connectivity index (χ0n) is 10.8. The molecule has 102 valence electrons. The lowest BCUT2D eigenvalue weighted by Gasteiger charge is -2.11. The van der Waals surface area contributed by atoms with E-state index < -0.39 is 6.04 Å². The van der Waals surface area contributed by atoms with Crippen LogP contribution in [-0.4, -0.2) is 32.2 Å². The van der Waals surface area contributed by atoms with Gasteiger partial charge in [0.1, 0.15) is 6.04 Å². The molecule has 0 aliphatic carbocycles. The van der Waals surface area contributed by atoms with Crippen molar-refractivity contribution >= 4 is 18.3 Å². The van der Waals surface area contributed by atoms with Crippen LogP contribution in [0.5, 0.6) is 0 Å². The number of carbonyl (C=O) groups is 1. The number of hydrogen-bond acceptors (Lipinski definition) is 3. The summed E-state index contributed by atoms with van der Waals surface area (Å²) in [4.78, 5) is 11.5. The lowest BCUT2D eigenvalue weighted by Crippen LogP contribution is -2.44. The number of benzene rings is 1. The number of halogens is 1. The van der Waals surface area contributed by atoms with E-state index in [0.717, 1.165) is 6.42 Å². The van der Waals surface area contributed by atoms with Gasteiger partial charge in [-0.05, 0) is 18.9 Å². The van der Waals surface area contributed by atoms with Crippen molar-refractivity contribution in [3.05, 3.63) is 35.4 Å². The van der Waals surface area contributed by atoms with Crippen LogP contribution in [0.2, 0.25) is 0 Å². The molecule has 0 saturated heterocycles. The minimum absolute atomic E-state index is 0. The lowest BCUT2D eigenvalue weighted by atomic mass is 10.1. The molecule has 1 unspecified atom stereocenters. The Labute approximate surface area is 114 Å². The van der Waals surface area contributed by atoms with E-state index in [1.807, 2.05) is 12.1 Å².